The van der Waals surface area contributed by atoms with Crippen molar-refractivity contribution in [1.82, 2.24) is 15.1 Å². The summed E-state index contributed by atoms with van der Waals surface area (Å²) in [6, 6.07) is 6.44. The smallest absolute Gasteiger partial charge is 0.255 e. The molecule has 9 heteroatoms. The van der Waals surface area contributed by atoms with Crippen LogP contribution in [0.25, 0.3) is 0 Å². The molecule has 0 saturated carbocycles. The van der Waals surface area contributed by atoms with Crippen molar-refractivity contribution in [3.05, 3.63) is 29.8 Å². The highest BCUT2D eigenvalue weighted by Crippen LogP contribution is 2.23. The summed E-state index contributed by atoms with van der Waals surface area (Å²) in [7, 11) is -3.49. The van der Waals surface area contributed by atoms with Crippen molar-refractivity contribution in [2.24, 2.45) is 0 Å². The molecule has 2 aliphatic rings. The Labute approximate surface area is 172 Å². The van der Waals surface area contributed by atoms with Gasteiger partial charge in [0.1, 0.15) is 0 Å². The van der Waals surface area contributed by atoms with E-state index < -0.39 is 9.84 Å². The van der Waals surface area contributed by atoms with E-state index in [-0.39, 0.29) is 46.5 Å². The second-order valence-corrected chi connectivity index (χ2v) is 9.20. The van der Waals surface area contributed by atoms with Gasteiger partial charge in [0.05, 0.1) is 22.8 Å². The lowest BCUT2D eigenvalue weighted by Crippen LogP contribution is -2.57. The third-order valence-electron chi connectivity index (χ3n) is 5.18. The molecule has 1 unspecified atom stereocenters. The van der Waals surface area contributed by atoms with Gasteiger partial charge in [-0.2, -0.15) is 0 Å². The summed E-state index contributed by atoms with van der Waals surface area (Å²) in [5.74, 6) is -0.182. The first-order chi connectivity index (χ1) is 12.9. The van der Waals surface area contributed by atoms with Gasteiger partial charge in [-0.05, 0) is 31.4 Å². The van der Waals surface area contributed by atoms with Crippen molar-refractivity contribution in [3.8, 4) is 0 Å². The van der Waals surface area contributed by atoms with Crippen molar-refractivity contribution in [2.45, 2.75) is 37.1 Å². The number of amides is 2. The molecule has 3 rings (SSSR count). The number of likely N-dealkylation sites (tertiary alicyclic amines) is 1. The third-order valence-corrected chi connectivity index (χ3v) is 7.15. The maximum absolute atomic E-state index is 13.1. The molecule has 2 amide bonds. The number of sulfone groups is 1. The maximum Gasteiger partial charge on any atom is 0.255 e. The van der Waals surface area contributed by atoms with Gasteiger partial charge in [-0.1, -0.05) is 19.1 Å². The molecule has 7 nitrogen and oxygen atoms in total. The Morgan fingerprint density at radius 1 is 1.25 bits per heavy atom. The summed E-state index contributed by atoms with van der Waals surface area (Å²) >= 11 is 0. The predicted octanol–water partition coefficient (Wildman–Crippen LogP) is 1.33. The Bertz CT molecular complexity index is 815. The molecule has 0 aliphatic carbocycles. The molecule has 2 heterocycles. The Morgan fingerprint density at radius 2 is 2.00 bits per heavy atom. The average Bonchev–Trinajstić information content (AvgIpc) is 2.68. The largest absolute Gasteiger partial charge is 0.337 e. The predicted molar refractivity (Wildman–Crippen MR) is 110 cm³/mol. The van der Waals surface area contributed by atoms with Crippen LogP contribution in [0.5, 0.6) is 0 Å². The normalized spacial score (nSPS) is 20.6. The summed E-state index contributed by atoms with van der Waals surface area (Å²) in [6.45, 7) is 4.58. The van der Waals surface area contributed by atoms with Gasteiger partial charge >= 0.3 is 0 Å². The topological polar surface area (TPSA) is 86.8 Å². The van der Waals surface area contributed by atoms with Gasteiger partial charge in [0.2, 0.25) is 5.91 Å². The lowest BCUT2D eigenvalue weighted by molar-refractivity contribution is -0.135. The van der Waals surface area contributed by atoms with Crippen LogP contribution in [0.15, 0.2) is 29.2 Å². The van der Waals surface area contributed by atoms with Crippen molar-refractivity contribution in [2.75, 3.05) is 38.5 Å². The first-order valence-corrected chi connectivity index (χ1v) is 11.2. The van der Waals surface area contributed by atoms with Crippen LogP contribution >= 0.6 is 12.4 Å². The summed E-state index contributed by atoms with van der Waals surface area (Å²) in [6.07, 6.45) is 2.17. The summed E-state index contributed by atoms with van der Waals surface area (Å²) in [5, 5.41) is 3.06. The van der Waals surface area contributed by atoms with E-state index in [1.165, 1.54) is 6.07 Å². The van der Waals surface area contributed by atoms with E-state index in [1.54, 1.807) is 23.1 Å². The monoisotopic (exact) mass is 429 g/mol. The number of halogens is 1. The summed E-state index contributed by atoms with van der Waals surface area (Å²) in [4.78, 5) is 29.0. The van der Waals surface area contributed by atoms with Crippen LogP contribution in [0.1, 0.15) is 36.5 Å². The van der Waals surface area contributed by atoms with Crippen LogP contribution in [-0.4, -0.2) is 74.6 Å². The minimum Gasteiger partial charge on any atom is -0.337 e. The van der Waals surface area contributed by atoms with Crippen LogP contribution in [0.2, 0.25) is 0 Å². The Kier molecular flexibility index (Phi) is 7.86. The van der Waals surface area contributed by atoms with E-state index in [9.17, 15) is 18.0 Å². The van der Waals surface area contributed by atoms with Gasteiger partial charge in [-0.15, -0.1) is 12.4 Å². The Balaban J connectivity index is 0.00000280. The second kappa shape index (κ2) is 9.71. The zero-order valence-corrected chi connectivity index (χ0v) is 17.7. The van der Waals surface area contributed by atoms with Gasteiger partial charge in [0.15, 0.2) is 9.84 Å². The highest BCUT2D eigenvalue weighted by atomic mass is 35.5. The van der Waals surface area contributed by atoms with E-state index >= 15 is 0 Å². The van der Waals surface area contributed by atoms with Crippen LogP contribution < -0.4 is 5.32 Å². The maximum atomic E-state index is 13.1. The Hall–Kier alpha value is -1.64. The lowest BCUT2D eigenvalue weighted by Gasteiger charge is -2.41. The van der Waals surface area contributed by atoms with Crippen LogP contribution in [0.3, 0.4) is 0 Å². The number of nitrogens with zero attached hydrogens (tertiary/aromatic N) is 2. The third kappa shape index (κ3) is 4.85. The molecule has 2 fully saturated rings. The highest BCUT2D eigenvalue weighted by Gasteiger charge is 2.33. The minimum atomic E-state index is -3.49. The molecule has 28 heavy (non-hydrogen) atoms. The fraction of sp³-hybridized carbons (Fsp3) is 0.579. The molecule has 0 radical (unpaired) electrons. The van der Waals surface area contributed by atoms with Crippen molar-refractivity contribution >= 4 is 34.1 Å². The fourth-order valence-electron chi connectivity index (χ4n) is 3.86. The van der Waals surface area contributed by atoms with E-state index in [1.807, 2.05) is 11.8 Å². The summed E-state index contributed by atoms with van der Waals surface area (Å²) < 4.78 is 25.1. The molecule has 0 aromatic heterocycles. The molecular weight excluding hydrogens is 402 g/mol. The number of hydrogen-bond donors (Lipinski definition) is 1. The molecule has 2 aliphatic heterocycles. The molecule has 1 atom stereocenters. The molecule has 1 N–H and O–H groups in total. The zero-order chi connectivity index (χ0) is 19.4. The van der Waals surface area contributed by atoms with Crippen LogP contribution in [-0.2, 0) is 14.6 Å². The minimum absolute atomic E-state index is 0. The number of carbonyl (C=O) groups is 2. The first-order valence-electron chi connectivity index (χ1n) is 9.55. The fourth-order valence-corrected chi connectivity index (χ4v) is 5.40. The van der Waals surface area contributed by atoms with Gasteiger partial charge in [-0.3, -0.25) is 9.59 Å². The van der Waals surface area contributed by atoms with Gasteiger partial charge < -0.3 is 15.1 Å². The molecule has 1 aromatic rings. The van der Waals surface area contributed by atoms with E-state index in [2.05, 4.69) is 5.32 Å². The molecule has 156 valence electrons. The quantitative estimate of drug-likeness (QED) is 0.763. The number of rotatable bonds is 5. The first kappa shape index (κ1) is 22.6. The number of piperidine rings is 1. The van der Waals surface area contributed by atoms with E-state index in [0.29, 0.717) is 32.6 Å². The number of hydrogen-bond acceptors (Lipinski definition) is 5. The number of benzene rings is 1. The standard InChI is InChI=1S/C19H27N3O4S.ClH/c1-2-12-27(25,26)17-8-4-3-7-16(17)19(24)21-10-5-6-15(14-21)22-11-9-20-13-18(22)23;/h3-4,7-8,15,20H,2,5-6,9-14H2,1H3;1H. The average molecular weight is 430 g/mol. The van der Waals surface area contributed by atoms with Gasteiger partial charge in [-0.25, -0.2) is 8.42 Å². The second-order valence-electron chi connectivity index (χ2n) is 7.13. The number of carbonyl (C=O) groups excluding carboxylic acids is 2. The Morgan fingerprint density at radius 3 is 2.71 bits per heavy atom. The van der Waals surface area contributed by atoms with Crippen LogP contribution in [0.4, 0.5) is 0 Å². The molecule has 2 saturated heterocycles. The van der Waals surface area contributed by atoms with Gasteiger partial charge in [0, 0.05) is 32.2 Å². The molecule has 1 aromatic carbocycles. The lowest BCUT2D eigenvalue weighted by atomic mass is 10.0. The SMILES string of the molecule is CCCS(=O)(=O)c1ccccc1C(=O)N1CCCC(N2CCNCC2=O)C1.Cl. The number of piperazine rings is 1. The van der Waals surface area contributed by atoms with Crippen molar-refractivity contribution in [3.63, 3.8) is 0 Å². The molecule has 0 spiro atoms. The highest BCUT2D eigenvalue weighted by molar-refractivity contribution is 7.91. The molecular formula is C19H28ClN3O4S. The van der Waals surface area contributed by atoms with Crippen molar-refractivity contribution < 1.29 is 18.0 Å². The van der Waals surface area contributed by atoms with Gasteiger partial charge in [0.25, 0.3) is 5.91 Å². The van der Waals surface area contributed by atoms with Crippen molar-refractivity contribution in [1.29, 1.82) is 0 Å². The van der Waals surface area contributed by atoms with E-state index in [4.69, 9.17) is 0 Å². The zero-order valence-electron chi connectivity index (χ0n) is 16.1. The summed E-state index contributed by atoms with van der Waals surface area (Å²) in [5.41, 5.74) is 0.234. The van der Waals surface area contributed by atoms with Crippen LogP contribution in [0, 0.1) is 0 Å². The molecule has 0 bridgehead atoms. The van der Waals surface area contributed by atoms with E-state index in [0.717, 1.165) is 19.4 Å². The number of nitrogens with one attached hydrogen (secondary N) is 1.